The Bertz CT molecular complexity index is 952. The molecule has 0 saturated heterocycles. The lowest BCUT2D eigenvalue weighted by Crippen LogP contribution is -2.28. The molecule has 1 amide bonds. The zero-order valence-corrected chi connectivity index (χ0v) is 13.8. The van der Waals surface area contributed by atoms with Crippen LogP contribution in [0.3, 0.4) is 0 Å². The van der Waals surface area contributed by atoms with Gasteiger partial charge in [-0.25, -0.2) is 9.37 Å². The van der Waals surface area contributed by atoms with Crippen molar-refractivity contribution in [3.8, 4) is 0 Å². The molecule has 4 rings (SSSR count). The van der Waals surface area contributed by atoms with Crippen molar-refractivity contribution in [2.75, 3.05) is 5.32 Å². The second kappa shape index (κ2) is 6.25. The van der Waals surface area contributed by atoms with Crippen LogP contribution in [0.25, 0.3) is 10.2 Å². The zero-order chi connectivity index (χ0) is 17.4. The maximum Gasteiger partial charge on any atom is 0.314 e. The molecule has 0 bridgehead atoms. The number of nitrogens with zero attached hydrogens (tertiary/aromatic N) is 1. The maximum atomic E-state index is 13.3. The Hall–Kier alpha value is -2.80. The second-order valence-corrected chi connectivity index (χ2v) is 6.83. The van der Waals surface area contributed by atoms with Crippen molar-refractivity contribution in [3.05, 3.63) is 58.9 Å². The Labute approximate surface area is 146 Å². The van der Waals surface area contributed by atoms with E-state index in [4.69, 9.17) is 4.74 Å². The molecule has 1 N–H and O–H groups in total. The number of anilines is 1. The third-order valence-electron chi connectivity index (χ3n) is 4.01. The van der Waals surface area contributed by atoms with Crippen LogP contribution in [-0.2, 0) is 20.9 Å². The minimum Gasteiger partial charge on any atom is -0.458 e. The molecule has 5 nitrogen and oxygen atoms in total. The zero-order valence-electron chi connectivity index (χ0n) is 13.0. The number of esters is 1. The Morgan fingerprint density at radius 3 is 3.00 bits per heavy atom. The number of carbonyl (C=O) groups is 2. The molecule has 0 spiro atoms. The number of carbonyl (C=O) groups excluding carboxylic acids is 2. The fourth-order valence-electron chi connectivity index (χ4n) is 2.86. The van der Waals surface area contributed by atoms with Crippen molar-refractivity contribution in [2.24, 2.45) is 0 Å². The Morgan fingerprint density at radius 1 is 1.32 bits per heavy atom. The van der Waals surface area contributed by atoms with Gasteiger partial charge < -0.3 is 10.1 Å². The van der Waals surface area contributed by atoms with Gasteiger partial charge in [0.2, 0.25) is 5.91 Å². The topological polar surface area (TPSA) is 68.3 Å². The van der Waals surface area contributed by atoms with Gasteiger partial charge in [0.15, 0.2) is 0 Å². The van der Waals surface area contributed by atoms with Gasteiger partial charge in [-0.1, -0.05) is 18.2 Å². The van der Waals surface area contributed by atoms with Crippen molar-refractivity contribution >= 4 is 39.1 Å². The van der Waals surface area contributed by atoms with Crippen LogP contribution in [-0.4, -0.2) is 16.9 Å². The highest BCUT2D eigenvalue weighted by Crippen LogP contribution is 2.34. The molecule has 1 aliphatic rings. The summed E-state index contributed by atoms with van der Waals surface area (Å²) in [6, 6.07) is 11.7. The summed E-state index contributed by atoms with van der Waals surface area (Å²) in [6.45, 7) is 0.0484. The highest BCUT2D eigenvalue weighted by Gasteiger charge is 2.32. The summed E-state index contributed by atoms with van der Waals surface area (Å²) in [6.07, 6.45) is -0.0166. The number of thiazole rings is 1. The fraction of sp³-hybridized carbons (Fsp3) is 0.167. The van der Waals surface area contributed by atoms with Crippen LogP contribution in [0.2, 0.25) is 0 Å². The molecule has 1 aliphatic heterocycles. The molecule has 2 aromatic carbocycles. The first kappa shape index (κ1) is 15.7. The number of rotatable bonds is 3. The van der Waals surface area contributed by atoms with Gasteiger partial charge in [-0.3, -0.25) is 9.59 Å². The highest BCUT2D eigenvalue weighted by molar-refractivity contribution is 7.18. The summed E-state index contributed by atoms with van der Waals surface area (Å²) in [5, 5.41) is 3.27. The lowest BCUT2D eigenvalue weighted by Gasteiger charge is -2.24. The number of benzene rings is 2. The van der Waals surface area contributed by atoms with E-state index >= 15 is 0 Å². The fourth-order valence-corrected chi connectivity index (χ4v) is 3.74. The predicted molar refractivity (Wildman–Crippen MR) is 91.8 cm³/mol. The molecule has 2 heterocycles. The average molecular weight is 356 g/mol. The number of halogens is 1. The Morgan fingerprint density at radius 2 is 2.16 bits per heavy atom. The van der Waals surface area contributed by atoms with E-state index in [1.54, 1.807) is 0 Å². The Kier molecular flexibility index (Phi) is 3.93. The Balaban J connectivity index is 1.52. The van der Waals surface area contributed by atoms with E-state index in [1.807, 2.05) is 24.3 Å². The summed E-state index contributed by atoms with van der Waals surface area (Å²) in [5.41, 5.74) is 1.74. The quantitative estimate of drug-likeness (QED) is 0.728. The first-order chi connectivity index (χ1) is 12.1. The van der Waals surface area contributed by atoms with Gasteiger partial charge in [0, 0.05) is 12.1 Å². The van der Waals surface area contributed by atoms with Crippen LogP contribution in [0.1, 0.15) is 22.9 Å². The molecular weight excluding hydrogens is 343 g/mol. The minimum atomic E-state index is -0.737. The van der Waals surface area contributed by atoms with E-state index in [1.165, 1.54) is 29.5 Å². The molecular formula is C18H13FN2O3S. The summed E-state index contributed by atoms with van der Waals surface area (Å²) >= 11 is 1.46. The van der Waals surface area contributed by atoms with Crippen LogP contribution in [0.4, 0.5) is 10.1 Å². The largest absolute Gasteiger partial charge is 0.458 e. The summed E-state index contributed by atoms with van der Waals surface area (Å²) in [5.74, 6) is -2.05. The van der Waals surface area contributed by atoms with Gasteiger partial charge in [-0.2, -0.15) is 0 Å². The van der Waals surface area contributed by atoms with Crippen molar-refractivity contribution < 1.29 is 18.7 Å². The van der Waals surface area contributed by atoms with E-state index in [2.05, 4.69) is 10.3 Å². The van der Waals surface area contributed by atoms with Gasteiger partial charge in [-0.15, -0.1) is 11.3 Å². The monoisotopic (exact) mass is 356 g/mol. The molecule has 0 saturated carbocycles. The number of ether oxygens (including phenoxy) is 1. The normalized spacial score (nSPS) is 16.4. The smallest absolute Gasteiger partial charge is 0.314 e. The minimum absolute atomic E-state index is 0.0166. The van der Waals surface area contributed by atoms with Crippen molar-refractivity contribution in [1.29, 1.82) is 0 Å². The second-order valence-electron chi connectivity index (χ2n) is 5.72. The summed E-state index contributed by atoms with van der Waals surface area (Å²) < 4.78 is 19.7. The molecule has 25 heavy (non-hydrogen) atoms. The van der Waals surface area contributed by atoms with Gasteiger partial charge in [0.1, 0.15) is 17.4 Å². The maximum absolute atomic E-state index is 13.3. The molecule has 0 aliphatic carbocycles. The molecule has 3 aromatic rings. The van der Waals surface area contributed by atoms with Crippen molar-refractivity contribution in [3.63, 3.8) is 0 Å². The van der Waals surface area contributed by atoms with Crippen LogP contribution < -0.4 is 5.32 Å². The summed E-state index contributed by atoms with van der Waals surface area (Å²) in [4.78, 5) is 28.7. The molecule has 1 atom stereocenters. The number of para-hydroxylation sites is 1. The van der Waals surface area contributed by atoms with Gasteiger partial charge in [0.05, 0.1) is 16.1 Å². The number of hydrogen-bond acceptors (Lipinski definition) is 5. The number of fused-ring (bicyclic) bond motifs is 2. The summed E-state index contributed by atoms with van der Waals surface area (Å²) in [7, 11) is 0. The van der Waals surface area contributed by atoms with Crippen molar-refractivity contribution in [2.45, 2.75) is 18.9 Å². The van der Waals surface area contributed by atoms with Crippen LogP contribution in [0.15, 0.2) is 42.5 Å². The molecule has 0 fully saturated rings. The molecule has 0 radical (unpaired) electrons. The van der Waals surface area contributed by atoms with E-state index in [-0.39, 0.29) is 18.9 Å². The number of hydrogen-bond donors (Lipinski definition) is 1. The number of amides is 1. The molecule has 126 valence electrons. The van der Waals surface area contributed by atoms with Gasteiger partial charge in [-0.05, 0) is 29.8 Å². The van der Waals surface area contributed by atoms with E-state index in [0.29, 0.717) is 16.3 Å². The van der Waals surface area contributed by atoms with E-state index < -0.39 is 17.7 Å². The first-order valence-electron chi connectivity index (χ1n) is 7.70. The van der Waals surface area contributed by atoms with Crippen molar-refractivity contribution in [1.82, 2.24) is 4.98 Å². The van der Waals surface area contributed by atoms with Crippen LogP contribution >= 0.6 is 11.3 Å². The third-order valence-corrected chi connectivity index (χ3v) is 5.02. The first-order valence-corrected chi connectivity index (χ1v) is 8.52. The van der Waals surface area contributed by atoms with Gasteiger partial charge >= 0.3 is 5.97 Å². The number of aromatic nitrogens is 1. The number of nitrogens with one attached hydrogen (secondary N) is 1. The van der Waals surface area contributed by atoms with Crippen LogP contribution in [0, 0.1) is 5.82 Å². The predicted octanol–water partition coefficient (Wildman–Crippen LogP) is 3.60. The van der Waals surface area contributed by atoms with Crippen LogP contribution in [0.5, 0.6) is 0 Å². The highest BCUT2D eigenvalue weighted by atomic mass is 32.1. The third kappa shape index (κ3) is 3.10. The SMILES string of the molecule is O=C1CC(C(=O)OCc2nc3ccccc3s2)c2ccc(F)cc2N1. The lowest BCUT2D eigenvalue weighted by atomic mass is 9.90. The standard InChI is InChI=1S/C18H13FN2O3S/c19-10-5-6-11-12(8-16(22)20-14(11)7-10)18(23)24-9-17-21-13-3-1-2-4-15(13)25-17/h1-7,12H,8-9H2,(H,20,22). The van der Waals surface area contributed by atoms with E-state index in [0.717, 1.165) is 10.2 Å². The van der Waals surface area contributed by atoms with Gasteiger partial charge in [0.25, 0.3) is 0 Å². The molecule has 1 unspecified atom stereocenters. The van der Waals surface area contributed by atoms with E-state index in [9.17, 15) is 14.0 Å². The average Bonchev–Trinajstić information content (AvgIpc) is 3.01. The molecule has 1 aromatic heterocycles. The molecule has 7 heteroatoms. The lowest BCUT2D eigenvalue weighted by molar-refractivity contribution is -0.148.